The third-order valence-corrected chi connectivity index (χ3v) is 15.2. The lowest BCUT2D eigenvalue weighted by molar-refractivity contribution is -0.167. The Kier molecular flexibility index (Phi) is 64.7. The minimum absolute atomic E-state index is 0.0828. The number of unbranched alkanes of at least 4 members (excludes halogenated alkanes) is 40. The van der Waals surface area contributed by atoms with Crippen molar-refractivity contribution in [2.75, 3.05) is 13.2 Å². The number of carbonyl (C=O) groups excluding carboxylic acids is 3. The van der Waals surface area contributed by atoms with Gasteiger partial charge in [-0.3, -0.25) is 14.4 Å². The van der Waals surface area contributed by atoms with Crippen molar-refractivity contribution < 1.29 is 28.6 Å². The van der Waals surface area contributed by atoms with Crippen molar-refractivity contribution in [2.45, 2.75) is 361 Å². The molecule has 0 saturated heterocycles. The topological polar surface area (TPSA) is 78.9 Å². The average Bonchev–Trinajstić information content (AvgIpc) is 3.45. The second-order valence-electron chi connectivity index (χ2n) is 23.1. The molecule has 0 bridgehead atoms. The molecule has 1 unspecified atom stereocenters. The Hall–Kier alpha value is -3.15. The van der Waals surface area contributed by atoms with Gasteiger partial charge in [0.15, 0.2) is 6.10 Å². The van der Waals surface area contributed by atoms with Gasteiger partial charge >= 0.3 is 17.9 Å². The smallest absolute Gasteiger partial charge is 0.306 e. The highest BCUT2D eigenvalue weighted by Gasteiger charge is 2.19. The van der Waals surface area contributed by atoms with E-state index < -0.39 is 6.10 Å². The molecule has 458 valence electrons. The molecule has 1 atom stereocenters. The Bertz CT molecular complexity index is 1450. The van der Waals surface area contributed by atoms with Crippen LogP contribution in [-0.4, -0.2) is 37.2 Å². The Labute approximate surface area is 491 Å². The molecule has 0 aliphatic heterocycles. The van der Waals surface area contributed by atoms with Gasteiger partial charge in [-0.25, -0.2) is 0 Å². The molecular weight excluding hydrogens is 973 g/mol. The number of allylic oxidation sites excluding steroid dienone is 12. The summed E-state index contributed by atoms with van der Waals surface area (Å²) in [4.78, 5) is 38.4. The molecule has 6 heteroatoms. The molecule has 0 aromatic heterocycles. The number of ether oxygens (including phenoxy) is 3. The molecule has 79 heavy (non-hydrogen) atoms. The predicted molar refractivity (Wildman–Crippen MR) is 344 cm³/mol. The lowest BCUT2D eigenvalue weighted by atomic mass is 10.0. The van der Waals surface area contributed by atoms with Crippen LogP contribution in [0.2, 0.25) is 0 Å². The van der Waals surface area contributed by atoms with Crippen LogP contribution in [-0.2, 0) is 28.6 Å². The van der Waals surface area contributed by atoms with Crippen LogP contribution in [0, 0.1) is 0 Å². The number of esters is 3. The van der Waals surface area contributed by atoms with Crippen molar-refractivity contribution >= 4 is 17.9 Å². The standard InChI is InChI=1S/C73H130O6/c1-4-7-10-13-16-19-22-25-28-31-33-35-36-37-39-40-42-45-48-51-54-57-60-63-66-72(75)78-69-70(68-77-71(74)65-62-59-56-53-50-47-44-30-27-24-21-18-15-12-9-6-3)79-73(76)67-64-61-58-55-52-49-46-43-41-38-34-32-29-26-23-20-17-14-11-8-5-2/h8,11,17,20,26,29-30,34,38,43-44,46,70H,4-7,9-10,12-16,18-19,21-25,27-28,31-33,35-37,39-42,45,47-69H2,1-3H3/b11-8-,20-17-,29-26-,38-34-,44-30-,46-43-. The Balaban J connectivity index is 4.35. The van der Waals surface area contributed by atoms with Crippen molar-refractivity contribution in [1.29, 1.82) is 0 Å². The lowest BCUT2D eigenvalue weighted by Crippen LogP contribution is -2.30. The maximum absolute atomic E-state index is 12.9. The molecule has 0 spiro atoms. The fourth-order valence-electron chi connectivity index (χ4n) is 10.1. The van der Waals surface area contributed by atoms with Crippen molar-refractivity contribution in [2.24, 2.45) is 0 Å². The summed E-state index contributed by atoms with van der Waals surface area (Å²) in [6.45, 7) is 6.56. The quantitative estimate of drug-likeness (QED) is 0.0261. The first-order chi connectivity index (χ1) is 39.0. The summed E-state index contributed by atoms with van der Waals surface area (Å²) in [5, 5.41) is 0. The molecule has 0 aromatic carbocycles. The maximum Gasteiger partial charge on any atom is 0.306 e. The van der Waals surface area contributed by atoms with Gasteiger partial charge in [-0.15, -0.1) is 0 Å². The normalized spacial score (nSPS) is 12.5. The molecule has 0 aliphatic rings. The van der Waals surface area contributed by atoms with E-state index in [0.717, 1.165) is 116 Å². The van der Waals surface area contributed by atoms with Crippen molar-refractivity contribution in [1.82, 2.24) is 0 Å². The molecule has 0 aliphatic carbocycles. The van der Waals surface area contributed by atoms with Crippen LogP contribution in [0.3, 0.4) is 0 Å². The first-order valence-electron chi connectivity index (χ1n) is 34.4. The molecule has 6 nitrogen and oxygen atoms in total. The van der Waals surface area contributed by atoms with E-state index in [9.17, 15) is 14.4 Å². The van der Waals surface area contributed by atoms with Crippen molar-refractivity contribution in [3.8, 4) is 0 Å². The van der Waals surface area contributed by atoms with Gasteiger partial charge in [-0.1, -0.05) is 318 Å². The van der Waals surface area contributed by atoms with E-state index in [1.807, 2.05) is 0 Å². The minimum atomic E-state index is -0.790. The molecule has 0 heterocycles. The van der Waals surface area contributed by atoms with Crippen LogP contribution < -0.4 is 0 Å². The van der Waals surface area contributed by atoms with Gasteiger partial charge in [0.1, 0.15) is 13.2 Å². The van der Waals surface area contributed by atoms with Crippen LogP contribution in [0.4, 0.5) is 0 Å². The van der Waals surface area contributed by atoms with Crippen LogP contribution in [0.1, 0.15) is 355 Å². The number of rotatable bonds is 63. The summed E-state index contributed by atoms with van der Waals surface area (Å²) >= 11 is 0. The van der Waals surface area contributed by atoms with E-state index >= 15 is 0 Å². The van der Waals surface area contributed by atoms with Crippen LogP contribution in [0.25, 0.3) is 0 Å². The first-order valence-corrected chi connectivity index (χ1v) is 34.4. The third-order valence-electron chi connectivity index (χ3n) is 15.2. The third kappa shape index (κ3) is 65.5. The molecule has 0 amide bonds. The van der Waals surface area contributed by atoms with Crippen LogP contribution in [0.15, 0.2) is 72.9 Å². The first kappa shape index (κ1) is 75.8. The Morgan fingerprint density at radius 1 is 0.266 bits per heavy atom. The Morgan fingerprint density at radius 2 is 0.494 bits per heavy atom. The molecule has 0 rings (SSSR count). The van der Waals surface area contributed by atoms with Gasteiger partial charge < -0.3 is 14.2 Å². The zero-order valence-electron chi connectivity index (χ0n) is 52.6. The van der Waals surface area contributed by atoms with Gasteiger partial charge in [-0.2, -0.15) is 0 Å². The van der Waals surface area contributed by atoms with Gasteiger partial charge in [0.25, 0.3) is 0 Å². The highest BCUT2D eigenvalue weighted by atomic mass is 16.6. The fourth-order valence-corrected chi connectivity index (χ4v) is 10.1. The number of hydrogen-bond acceptors (Lipinski definition) is 6. The second kappa shape index (κ2) is 67.4. The minimum Gasteiger partial charge on any atom is -0.462 e. The van der Waals surface area contributed by atoms with E-state index in [2.05, 4.69) is 93.7 Å². The molecule has 0 saturated carbocycles. The zero-order chi connectivity index (χ0) is 57.1. The average molecular weight is 1100 g/mol. The van der Waals surface area contributed by atoms with Gasteiger partial charge in [0, 0.05) is 19.3 Å². The summed E-state index contributed by atoms with van der Waals surface area (Å²) in [5.74, 6) is -0.890. The lowest BCUT2D eigenvalue weighted by Gasteiger charge is -2.18. The zero-order valence-corrected chi connectivity index (χ0v) is 52.6. The molecule has 0 fully saturated rings. The number of carbonyl (C=O) groups is 3. The summed E-state index contributed by atoms with van der Waals surface area (Å²) < 4.78 is 17.0. The monoisotopic (exact) mass is 1100 g/mol. The predicted octanol–water partition coefficient (Wildman–Crippen LogP) is 23.7. The SMILES string of the molecule is CC/C=C\C/C=C\C/C=C\C/C=C\C/C=C\CCCCCCCC(=O)OC(COC(=O)CCCCCCC/C=C\CCCCCCCCC)COC(=O)CCCCCCCCCCCCCCCCCCCCCCCCCC. The largest absolute Gasteiger partial charge is 0.462 e. The van der Waals surface area contributed by atoms with E-state index in [-0.39, 0.29) is 31.1 Å². The summed E-state index contributed by atoms with van der Waals surface area (Å²) in [5.41, 5.74) is 0. The maximum atomic E-state index is 12.9. The van der Waals surface area contributed by atoms with Crippen LogP contribution in [0.5, 0.6) is 0 Å². The van der Waals surface area contributed by atoms with E-state index in [4.69, 9.17) is 14.2 Å². The van der Waals surface area contributed by atoms with Gasteiger partial charge in [0.2, 0.25) is 0 Å². The van der Waals surface area contributed by atoms with Crippen LogP contribution >= 0.6 is 0 Å². The molecule has 0 aromatic rings. The number of hydrogen-bond donors (Lipinski definition) is 0. The van der Waals surface area contributed by atoms with Gasteiger partial charge in [-0.05, 0) is 89.9 Å². The van der Waals surface area contributed by atoms with E-state index in [1.165, 1.54) is 199 Å². The van der Waals surface area contributed by atoms with Crippen molar-refractivity contribution in [3.63, 3.8) is 0 Å². The van der Waals surface area contributed by atoms with E-state index in [0.29, 0.717) is 19.3 Å². The Morgan fingerprint density at radius 3 is 0.785 bits per heavy atom. The van der Waals surface area contributed by atoms with Crippen molar-refractivity contribution in [3.05, 3.63) is 72.9 Å². The fraction of sp³-hybridized carbons (Fsp3) is 0.795. The summed E-state index contributed by atoms with van der Waals surface area (Å²) in [6, 6.07) is 0. The molecular formula is C73H130O6. The van der Waals surface area contributed by atoms with Gasteiger partial charge in [0.05, 0.1) is 0 Å². The highest BCUT2D eigenvalue weighted by Crippen LogP contribution is 2.18. The second-order valence-corrected chi connectivity index (χ2v) is 23.1. The molecule has 0 radical (unpaired) electrons. The highest BCUT2D eigenvalue weighted by molar-refractivity contribution is 5.71. The van der Waals surface area contributed by atoms with E-state index in [1.54, 1.807) is 0 Å². The summed E-state index contributed by atoms with van der Waals surface area (Å²) in [6.07, 6.45) is 87.8. The summed E-state index contributed by atoms with van der Waals surface area (Å²) in [7, 11) is 0. The molecule has 0 N–H and O–H groups in total.